The number of nitro groups is 1. The minimum absolute atomic E-state index is 0.216. The van der Waals surface area contributed by atoms with Crippen molar-refractivity contribution >= 4 is 15.9 Å². The lowest BCUT2D eigenvalue weighted by atomic mass is 10.1. The highest BCUT2D eigenvalue weighted by Gasteiger charge is 2.29. The van der Waals surface area contributed by atoms with Crippen molar-refractivity contribution in [3.63, 3.8) is 0 Å². The topological polar surface area (TPSA) is 55.6 Å². The van der Waals surface area contributed by atoms with E-state index in [-0.39, 0.29) is 10.6 Å². The monoisotopic (exact) mass is 288 g/mol. The zero-order valence-corrected chi connectivity index (χ0v) is 10.4. The fourth-order valence-corrected chi connectivity index (χ4v) is 2.54. The Morgan fingerprint density at radius 2 is 2.12 bits per heavy atom. The largest absolute Gasteiger partial charge is 0.378 e. The zero-order valence-electron chi connectivity index (χ0n) is 8.82. The SMILES string of the molecule is O=[N+]([O-])C1=C(Br)CCC=C1N1CCOCC1. The van der Waals surface area contributed by atoms with Gasteiger partial charge in [-0.3, -0.25) is 10.1 Å². The number of morpholine rings is 1. The molecule has 0 radical (unpaired) electrons. The normalized spacial score (nSPS) is 22.1. The smallest absolute Gasteiger partial charge is 0.302 e. The van der Waals surface area contributed by atoms with Gasteiger partial charge in [-0.2, -0.15) is 0 Å². The second-order valence-corrected chi connectivity index (χ2v) is 4.70. The van der Waals surface area contributed by atoms with Crippen LogP contribution in [0.3, 0.4) is 0 Å². The van der Waals surface area contributed by atoms with Crippen LogP contribution >= 0.6 is 15.9 Å². The Morgan fingerprint density at radius 3 is 2.75 bits per heavy atom. The third-order valence-corrected chi connectivity index (χ3v) is 3.51. The zero-order chi connectivity index (χ0) is 11.5. The Kier molecular flexibility index (Phi) is 3.60. The summed E-state index contributed by atoms with van der Waals surface area (Å²) in [6.45, 7) is 2.73. The van der Waals surface area contributed by atoms with Crippen LogP contribution in [0.5, 0.6) is 0 Å². The van der Waals surface area contributed by atoms with E-state index >= 15 is 0 Å². The molecule has 1 fully saturated rings. The molecule has 88 valence electrons. The summed E-state index contributed by atoms with van der Waals surface area (Å²) in [6.07, 6.45) is 3.52. The molecular weight excluding hydrogens is 276 g/mol. The molecule has 0 aromatic carbocycles. The minimum atomic E-state index is -0.301. The molecule has 2 aliphatic rings. The lowest BCUT2D eigenvalue weighted by Crippen LogP contribution is -2.37. The molecule has 0 spiro atoms. The maximum absolute atomic E-state index is 11.0. The molecule has 0 bridgehead atoms. The van der Waals surface area contributed by atoms with E-state index in [1.54, 1.807) is 0 Å². The Balaban J connectivity index is 2.24. The number of hydrogen-bond donors (Lipinski definition) is 0. The van der Waals surface area contributed by atoms with Crippen LogP contribution in [-0.2, 0) is 4.74 Å². The summed E-state index contributed by atoms with van der Waals surface area (Å²) >= 11 is 3.30. The predicted octanol–water partition coefficient (Wildman–Crippen LogP) is 1.88. The highest BCUT2D eigenvalue weighted by Crippen LogP contribution is 2.31. The van der Waals surface area contributed by atoms with Crippen molar-refractivity contribution in [1.29, 1.82) is 0 Å². The second-order valence-electron chi connectivity index (χ2n) is 3.74. The number of allylic oxidation sites excluding steroid dienone is 2. The Bertz CT molecular complexity index is 359. The molecule has 5 nitrogen and oxygen atoms in total. The summed E-state index contributed by atoms with van der Waals surface area (Å²) in [4.78, 5) is 12.8. The molecule has 0 aromatic rings. The molecule has 0 atom stereocenters. The van der Waals surface area contributed by atoms with Gasteiger partial charge in [0.15, 0.2) is 0 Å². The van der Waals surface area contributed by atoms with Crippen LogP contribution in [0.4, 0.5) is 0 Å². The molecule has 1 saturated heterocycles. The van der Waals surface area contributed by atoms with Gasteiger partial charge in [0, 0.05) is 13.1 Å². The fraction of sp³-hybridized carbons (Fsp3) is 0.600. The van der Waals surface area contributed by atoms with Gasteiger partial charge in [0.2, 0.25) is 0 Å². The Hall–Kier alpha value is -0.880. The summed E-state index contributed by atoms with van der Waals surface area (Å²) in [5, 5.41) is 11.0. The van der Waals surface area contributed by atoms with E-state index in [9.17, 15) is 10.1 Å². The van der Waals surface area contributed by atoms with Gasteiger partial charge in [0.25, 0.3) is 0 Å². The van der Waals surface area contributed by atoms with Crippen LogP contribution in [0.2, 0.25) is 0 Å². The van der Waals surface area contributed by atoms with Crippen LogP contribution in [0.1, 0.15) is 12.8 Å². The molecule has 0 saturated carbocycles. The van der Waals surface area contributed by atoms with Crippen LogP contribution in [0.25, 0.3) is 0 Å². The van der Waals surface area contributed by atoms with E-state index in [2.05, 4.69) is 15.9 Å². The molecule has 1 aliphatic carbocycles. The summed E-state index contributed by atoms with van der Waals surface area (Å²) in [6, 6.07) is 0. The van der Waals surface area contributed by atoms with Crippen molar-refractivity contribution in [2.24, 2.45) is 0 Å². The fourth-order valence-electron chi connectivity index (χ4n) is 1.97. The molecule has 0 amide bonds. The Labute approximate surface area is 102 Å². The highest BCUT2D eigenvalue weighted by molar-refractivity contribution is 9.11. The summed E-state index contributed by atoms with van der Waals surface area (Å²) in [7, 11) is 0. The van der Waals surface area contributed by atoms with Crippen molar-refractivity contribution in [2.75, 3.05) is 26.3 Å². The van der Waals surface area contributed by atoms with Crippen LogP contribution in [-0.4, -0.2) is 36.1 Å². The lowest BCUT2D eigenvalue weighted by molar-refractivity contribution is -0.423. The van der Waals surface area contributed by atoms with Crippen molar-refractivity contribution < 1.29 is 9.66 Å². The van der Waals surface area contributed by atoms with E-state index in [1.165, 1.54) is 0 Å². The third kappa shape index (κ3) is 2.27. The van der Waals surface area contributed by atoms with E-state index in [0.29, 0.717) is 24.1 Å². The predicted molar refractivity (Wildman–Crippen MR) is 62.7 cm³/mol. The van der Waals surface area contributed by atoms with Crippen LogP contribution in [0, 0.1) is 10.1 Å². The molecule has 1 aliphatic heterocycles. The first kappa shape index (κ1) is 11.6. The second kappa shape index (κ2) is 4.97. The van der Waals surface area contributed by atoms with Gasteiger partial charge in [-0.1, -0.05) is 6.08 Å². The van der Waals surface area contributed by atoms with Crippen molar-refractivity contribution in [3.05, 3.63) is 32.1 Å². The number of halogens is 1. The highest BCUT2D eigenvalue weighted by atomic mass is 79.9. The molecule has 0 aromatic heterocycles. The molecule has 1 heterocycles. The first-order valence-corrected chi connectivity index (χ1v) is 6.05. The van der Waals surface area contributed by atoms with Gasteiger partial charge < -0.3 is 9.64 Å². The van der Waals surface area contributed by atoms with Gasteiger partial charge in [0.05, 0.1) is 22.6 Å². The first-order chi connectivity index (χ1) is 7.70. The minimum Gasteiger partial charge on any atom is -0.378 e. The van der Waals surface area contributed by atoms with Crippen molar-refractivity contribution in [2.45, 2.75) is 12.8 Å². The molecular formula is C10H13BrN2O3. The van der Waals surface area contributed by atoms with Gasteiger partial charge in [-0.25, -0.2) is 0 Å². The van der Waals surface area contributed by atoms with Crippen LogP contribution in [0.15, 0.2) is 22.0 Å². The molecule has 0 N–H and O–H groups in total. The number of ether oxygens (including phenoxy) is 1. The van der Waals surface area contributed by atoms with E-state index in [1.807, 2.05) is 11.0 Å². The summed E-state index contributed by atoms with van der Waals surface area (Å²) < 4.78 is 5.94. The summed E-state index contributed by atoms with van der Waals surface area (Å²) in [5.74, 6) is 0. The van der Waals surface area contributed by atoms with E-state index in [4.69, 9.17) is 4.74 Å². The average Bonchev–Trinajstić information content (AvgIpc) is 2.29. The standard InChI is InChI=1S/C10H13BrN2O3/c11-8-2-1-3-9(10(8)13(14)15)12-4-6-16-7-5-12/h3H,1-2,4-7H2. The van der Waals surface area contributed by atoms with E-state index in [0.717, 1.165) is 25.2 Å². The first-order valence-electron chi connectivity index (χ1n) is 5.26. The van der Waals surface area contributed by atoms with Gasteiger partial charge in [-0.05, 0) is 28.8 Å². The van der Waals surface area contributed by atoms with E-state index < -0.39 is 0 Å². The van der Waals surface area contributed by atoms with Crippen molar-refractivity contribution in [1.82, 2.24) is 4.90 Å². The molecule has 16 heavy (non-hydrogen) atoms. The number of nitrogens with zero attached hydrogens (tertiary/aromatic N) is 2. The molecule has 0 unspecified atom stereocenters. The number of rotatable bonds is 2. The van der Waals surface area contributed by atoms with Gasteiger partial charge in [0.1, 0.15) is 5.70 Å². The third-order valence-electron chi connectivity index (χ3n) is 2.74. The maximum atomic E-state index is 11.0. The van der Waals surface area contributed by atoms with Crippen LogP contribution < -0.4 is 0 Å². The van der Waals surface area contributed by atoms with Crippen molar-refractivity contribution in [3.8, 4) is 0 Å². The lowest BCUT2D eigenvalue weighted by Gasteiger charge is -2.30. The maximum Gasteiger partial charge on any atom is 0.302 e. The Morgan fingerprint density at radius 1 is 1.44 bits per heavy atom. The van der Waals surface area contributed by atoms with Gasteiger partial charge >= 0.3 is 5.70 Å². The summed E-state index contributed by atoms with van der Waals surface area (Å²) in [5.41, 5.74) is 0.958. The molecule has 6 heteroatoms. The number of hydrogen-bond acceptors (Lipinski definition) is 4. The van der Waals surface area contributed by atoms with Gasteiger partial charge in [-0.15, -0.1) is 0 Å². The quantitative estimate of drug-likeness (QED) is 0.575. The molecule has 2 rings (SSSR count). The average molecular weight is 289 g/mol.